The Hall–Kier alpha value is -2.14. The van der Waals surface area contributed by atoms with Crippen LogP contribution in [0.1, 0.15) is 24.5 Å². The molecule has 4 nitrogen and oxygen atoms in total. The Morgan fingerprint density at radius 3 is 2.28 bits per heavy atom. The molecular weight excluding hydrogens is 380 g/mol. The summed E-state index contributed by atoms with van der Waals surface area (Å²) in [6.07, 6.45) is 1.04. The average molecular weight is 403 g/mol. The summed E-state index contributed by atoms with van der Waals surface area (Å²) in [4.78, 5) is 26.5. The molecule has 0 unspecified atom stereocenters. The molecule has 132 valence electrons. The number of nitrogens with one attached hydrogen (secondary N) is 1. The maximum atomic E-state index is 12.8. The lowest BCUT2D eigenvalue weighted by molar-refractivity contribution is -0.140. The Morgan fingerprint density at radius 2 is 1.68 bits per heavy atom. The SMILES string of the molecule is CNC(=O)[C@@H](C)N(Cc1ccc(Br)cc1)C(=O)CCc1ccccc1. The van der Waals surface area contributed by atoms with Gasteiger partial charge in [-0.15, -0.1) is 0 Å². The molecule has 0 aliphatic heterocycles. The minimum atomic E-state index is -0.517. The summed E-state index contributed by atoms with van der Waals surface area (Å²) in [5.74, 6) is -0.187. The highest BCUT2D eigenvalue weighted by Gasteiger charge is 2.25. The molecule has 25 heavy (non-hydrogen) atoms. The average Bonchev–Trinajstić information content (AvgIpc) is 2.65. The Morgan fingerprint density at radius 1 is 1.04 bits per heavy atom. The molecule has 0 aliphatic rings. The van der Waals surface area contributed by atoms with Gasteiger partial charge in [0.25, 0.3) is 0 Å². The summed E-state index contributed by atoms with van der Waals surface area (Å²) in [6.45, 7) is 2.17. The van der Waals surface area contributed by atoms with Gasteiger partial charge in [-0.2, -0.15) is 0 Å². The summed E-state index contributed by atoms with van der Waals surface area (Å²) >= 11 is 3.41. The van der Waals surface area contributed by atoms with Crippen molar-refractivity contribution in [2.45, 2.75) is 32.4 Å². The molecule has 0 spiro atoms. The first kappa shape index (κ1) is 19.2. The lowest BCUT2D eigenvalue weighted by atomic mass is 10.1. The highest BCUT2D eigenvalue weighted by Crippen LogP contribution is 2.15. The topological polar surface area (TPSA) is 49.4 Å². The van der Waals surface area contributed by atoms with E-state index in [9.17, 15) is 9.59 Å². The third-order valence-electron chi connectivity index (χ3n) is 4.15. The maximum Gasteiger partial charge on any atom is 0.242 e. The highest BCUT2D eigenvalue weighted by atomic mass is 79.9. The maximum absolute atomic E-state index is 12.8. The van der Waals surface area contributed by atoms with Crippen LogP contribution in [0, 0.1) is 0 Å². The number of benzene rings is 2. The second kappa shape index (κ2) is 9.37. The lowest BCUT2D eigenvalue weighted by Crippen LogP contribution is -2.46. The van der Waals surface area contributed by atoms with Crippen molar-refractivity contribution < 1.29 is 9.59 Å². The van der Waals surface area contributed by atoms with Gasteiger partial charge in [0.1, 0.15) is 6.04 Å². The van der Waals surface area contributed by atoms with Gasteiger partial charge in [0.2, 0.25) is 11.8 Å². The van der Waals surface area contributed by atoms with E-state index in [1.807, 2.05) is 54.6 Å². The molecule has 0 fully saturated rings. The molecule has 2 rings (SSSR count). The summed E-state index contributed by atoms with van der Waals surface area (Å²) < 4.78 is 0.984. The molecule has 5 heteroatoms. The number of likely N-dealkylation sites (N-methyl/N-ethyl adjacent to an activating group) is 1. The molecule has 0 saturated heterocycles. The van der Waals surface area contributed by atoms with Crippen LogP contribution < -0.4 is 5.32 Å². The Kier molecular flexibility index (Phi) is 7.19. The van der Waals surface area contributed by atoms with Crippen LogP contribution in [-0.2, 0) is 22.6 Å². The first-order valence-corrected chi connectivity index (χ1v) is 9.10. The first-order valence-electron chi connectivity index (χ1n) is 8.30. The van der Waals surface area contributed by atoms with Crippen molar-refractivity contribution in [3.8, 4) is 0 Å². The highest BCUT2D eigenvalue weighted by molar-refractivity contribution is 9.10. The van der Waals surface area contributed by atoms with E-state index in [0.717, 1.165) is 15.6 Å². The van der Waals surface area contributed by atoms with Crippen LogP contribution in [0.2, 0.25) is 0 Å². The molecule has 0 radical (unpaired) electrons. The quantitative estimate of drug-likeness (QED) is 0.769. The van der Waals surface area contributed by atoms with Gasteiger partial charge in [-0.05, 0) is 36.6 Å². The molecule has 0 saturated carbocycles. The Balaban J connectivity index is 2.10. The number of hydrogen-bond acceptors (Lipinski definition) is 2. The summed E-state index contributed by atoms with van der Waals surface area (Å²) in [5.41, 5.74) is 2.11. The minimum absolute atomic E-state index is 0.0251. The van der Waals surface area contributed by atoms with Crippen LogP contribution in [0.25, 0.3) is 0 Å². The van der Waals surface area contributed by atoms with Crippen LogP contribution in [0.4, 0.5) is 0 Å². The smallest absolute Gasteiger partial charge is 0.242 e. The number of carbonyl (C=O) groups excluding carboxylic acids is 2. The van der Waals surface area contributed by atoms with E-state index >= 15 is 0 Å². The number of rotatable bonds is 7. The van der Waals surface area contributed by atoms with Gasteiger partial charge < -0.3 is 10.2 Å². The van der Waals surface area contributed by atoms with E-state index in [1.165, 1.54) is 0 Å². The predicted octanol–water partition coefficient (Wildman–Crippen LogP) is 3.55. The number of aryl methyl sites for hydroxylation is 1. The van der Waals surface area contributed by atoms with Gasteiger partial charge >= 0.3 is 0 Å². The number of carbonyl (C=O) groups is 2. The first-order chi connectivity index (χ1) is 12.0. The Bertz CT molecular complexity index is 701. The molecule has 0 bridgehead atoms. The summed E-state index contributed by atoms with van der Waals surface area (Å²) in [6, 6.07) is 17.2. The number of nitrogens with zero attached hydrogens (tertiary/aromatic N) is 1. The molecule has 2 amide bonds. The lowest BCUT2D eigenvalue weighted by Gasteiger charge is -2.28. The largest absolute Gasteiger partial charge is 0.357 e. The zero-order valence-electron chi connectivity index (χ0n) is 14.5. The van der Waals surface area contributed by atoms with E-state index in [1.54, 1.807) is 18.9 Å². The molecule has 2 aromatic rings. The van der Waals surface area contributed by atoms with Gasteiger partial charge in [-0.3, -0.25) is 9.59 Å². The fourth-order valence-corrected chi connectivity index (χ4v) is 2.88. The van der Waals surface area contributed by atoms with E-state index in [4.69, 9.17) is 0 Å². The zero-order chi connectivity index (χ0) is 18.2. The number of hydrogen-bond donors (Lipinski definition) is 1. The normalized spacial score (nSPS) is 11.6. The molecule has 0 aromatic heterocycles. The second-order valence-corrected chi connectivity index (χ2v) is 6.84. The molecular formula is C20H23BrN2O2. The minimum Gasteiger partial charge on any atom is -0.357 e. The second-order valence-electron chi connectivity index (χ2n) is 5.92. The van der Waals surface area contributed by atoms with Crippen molar-refractivity contribution in [3.63, 3.8) is 0 Å². The van der Waals surface area contributed by atoms with E-state index < -0.39 is 6.04 Å². The monoisotopic (exact) mass is 402 g/mol. The van der Waals surface area contributed by atoms with Crippen LogP contribution >= 0.6 is 15.9 Å². The fourth-order valence-electron chi connectivity index (χ4n) is 2.62. The van der Waals surface area contributed by atoms with Crippen LogP contribution in [0.3, 0.4) is 0 Å². The van der Waals surface area contributed by atoms with Crippen LogP contribution in [0.5, 0.6) is 0 Å². The number of halogens is 1. The van der Waals surface area contributed by atoms with Gasteiger partial charge in [0.15, 0.2) is 0 Å². The van der Waals surface area contributed by atoms with Crippen molar-refractivity contribution in [1.82, 2.24) is 10.2 Å². The summed E-state index contributed by atoms with van der Waals surface area (Å²) in [5, 5.41) is 2.63. The number of amides is 2. The Labute approximate surface area is 157 Å². The van der Waals surface area contributed by atoms with Crippen molar-refractivity contribution >= 4 is 27.7 Å². The standard InChI is InChI=1S/C20H23BrN2O2/c1-15(20(25)22-2)23(14-17-8-11-18(21)12-9-17)19(24)13-10-16-6-4-3-5-7-16/h3-9,11-12,15H,10,13-14H2,1-2H3,(H,22,25)/t15-/m1/s1. The summed E-state index contributed by atoms with van der Waals surface area (Å²) in [7, 11) is 1.59. The van der Waals surface area contributed by atoms with E-state index in [0.29, 0.717) is 19.4 Å². The molecule has 1 N–H and O–H groups in total. The van der Waals surface area contributed by atoms with Gasteiger partial charge in [0, 0.05) is 24.5 Å². The molecule has 2 aromatic carbocycles. The van der Waals surface area contributed by atoms with Crippen molar-refractivity contribution in [1.29, 1.82) is 0 Å². The molecule has 0 aliphatic carbocycles. The molecule has 0 heterocycles. The van der Waals surface area contributed by atoms with Crippen LogP contribution in [-0.4, -0.2) is 29.8 Å². The van der Waals surface area contributed by atoms with Gasteiger partial charge in [0.05, 0.1) is 0 Å². The predicted molar refractivity (Wildman–Crippen MR) is 103 cm³/mol. The van der Waals surface area contributed by atoms with Crippen molar-refractivity contribution in [2.75, 3.05) is 7.05 Å². The van der Waals surface area contributed by atoms with Crippen molar-refractivity contribution in [2.24, 2.45) is 0 Å². The van der Waals surface area contributed by atoms with E-state index in [2.05, 4.69) is 21.2 Å². The van der Waals surface area contributed by atoms with E-state index in [-0.39, 0.29) is 11.8 Å². The third kappa shape index (κ3) is 5.71. The van der Waals surface area contributed by atoms with Crippen LogP contribution in [0.15, 0.2) is 59.1 Å². The van der Waals surface area contributed by atoms with Gasteiger partial charge in [-0.1, -0.05) is 58.4 Å². The van der Waals surface area contributed by atoms with Gasteiger partial charge in [-0.25, -0.2) is 0 Å². The zero-order valence-corrected chi connectivity index (χ0v) is 16.1. The fraction of sp³-hybridized carbons (Fsp3) is 0.300. The molecule has 1 atom stereocenters. The van der Waals surface area contributed by atoms with Crippen molar-refractivity contribution in [3.05, 3.63) is 70.2 Å². The third-order valence-corrected chi connectivity index (χ3v) is 4.68.